The summed E-state index contributed by atoms with van der Waals surface area (Å²) < 4.78 is 5.27. The highest BCUT2D eigenvalue weighted by Crippen LogP contribution is 2.35. The SMILES string of the molecule is COc1ccc2[nH]c3c(c2c1)C(=O)NCc1ccccc1-3. The summed E-state index contributed by atoms with van der Waals surface area (Å²) >= 11 is 0. The normalized spacial score (nSPS) is 13.3. The van der Waals surface area contributed by atoms with E-state index in [4.69, 9.17) is 4.74 Å². The van der Waals surface area contributed by atoms with Crippen molar-refractivity contribution in [3.8, 4) is 17.0 Å². The van der Waals surface area contributed by atoms with Crippen molar-refractivity contribution in [1.29, 1.82) is 0 Å². The second-order valence-corrected chi connectivity index (χ2v) is 5.13. The summed E-state index contributed by atoms with van der Waals surface area (Å²) in [5.74, 6) is 0.690. The van der Waals surface area contributed by atoms with Crippen molar-refractivity contribution in [1.82, 2.24) is 10.3 Å². The van der Waals surface area contributed by atoms with E-state index < -0.39 is 0 Å². The van der Waals surface area contributed by atoms with E-state index in [0.29, 0.717) is 12.1 Å². The molecule has 1 amide bonds. The van der Waals surface area contributed by atoms with Crippen LogP contribution in [0.2, 0.25) is 0 Å². The van der Waals surface area contributed by atoms with E-state index in [-0.39, 0.29) is 5.91 Å². The summed E-state index contributed by atoms with van der Waals surface area (Å²) in [5.41, 5.74) is 4.69. The maximum absolute atomic E-state index is 12.5. The van der Waals surface area contributed by atoms with Gasteiger partial charge < -0.3 is 15.0 Å². The minimum absolute atomic E-state index is 0.0549. The van der Waals surface area contributed by atoms with Gasteiger partial charge in [0, 0.05) is 23.0 Å². The second-order valence-electron chi connectivity index (χ2n) is 5.13. The van der Waals surface area contributed by atoms with Gasteiger partial charge in [-0.25, -0.2) is 0 Å². The molecule has 0 aliphatic carbocycles. The fourth-order valence-electron chi connectivity index (χ4n) is 2.92. The summed E-state index contributed by atoms with van der Waals surface area (Å²) in [6.07, 6.45) is 0. The van der Waals surface area contributed by atoms with Gasteiger partial charge in [-0.3, -0.25) is 4.79 Å². The van der Waals surface area contributed by atoms with Gasteiger partial charge in [-0.15, -0.1) is 0 Å². The molecule has 2 N–H and O–H groups in total. The number of nitrogens with one attached hydrogen (secondary N) is 2. The van der Waals surface area contributed by atoms with Gasteiger partial charge >= 0.3 is 0 Å². The van der Waals surface area contributed by atoms with Gasteiger partial charge in [-0.2, -0.15) is 0 Å². The topological polar surface area (TPSA) is 54.1 Å². The minimum atomic E-state index is -0.0549. The molecule has 0 atom stereocenters. The van der Waals surface area contributed by atoms with Gasteiger partial charge in [0.2, 0.25) is 0 Å². The Balaban J connectivity index is 2.08. The standard InChI is InChI=1S/C17H14N2O2/c1-21-11-6-7-14-13(8-11)15-16(19-14)12-5-3-2-4-10(12)9-18-17(15)20/h2-8,19H,9H2,1H3,(H,18,20). The van der Waals surface area contributed by atoms with Crippen molar-refractivity contribution in [3.05, 3.63) is 53.6 Å². The number of carbonyl (C=O) groups excluding carboxylic acids is 1. The highest BCUT2D eigenvalue weighted by Gasteiger charge is 2.24. The number of aromatic nitrogens is 1. The average molecular weight is 278 g/mol. The molecule has 4 nitrogen and oxygen atoms in total. The molecule has 104 valence electrons. The fourth-order valence-corrected chi connectivity index (χ4v) is 2.92. The van der Waals surface area contributed by atoms with Crippen LogP contribution in [0, 0.1) is 0 Å². The molecule has 0 bridgehead atoms. The highest BCUT2D eigenvalue weighted by molar-refractivity contribution is 6.13. The lowest BCUT2D eigenvalue weighted by Gasteiger charge is -2.04. The van der Waals surface area contributed by atoms with Gasteiger partial charge in [0.1, 0.15) is 5.75 Å². The Kier molecular flexibility index (Phi) is 2.51. The van der Waals surface area contributed by atoms with E-state index >= 15 is 0 Å². The summed E-state index contributed by atoms with van der Waals surface area (Å²) in [4.78, 5) is 15.9. The second kappa shape index (κ2) is 4.38. The molecule has 0 saturated heterocycles. The monoisotopic (exact) mass is 278 g/mol. The van der Waals surface area contributed by atoms with Crippen LogP contribution in [-0.4, -0.2) is 18.0 Å². The van der Waals surface area contributed by atoms with Crippen molar-refractivity contribution in [3.63, 3.8) is 0 Å². The van der Waals surface area contributed by atoms with E-state index in [2.05, 4.69) is 10.3 Å². The molecule has 21 heavy (non-hydrogen) atoms. The van der Waals surface area contributed by atoms with Gasteiger partial charge in [0.05, 0.1) is 18.4 Å². The third-order valence-corrected chi connectivity index (χ3v) is 3.96. The molecule has 0 fully saturated rings. The van der Waals surface area contributed by atoms with Crippen molar-refractivity contribution >= 4 is 16.8 Å². The summed E-state index contributed by atoms with van der Waals surface area (Å²) in [6, 6.07) is 13.8. The molecule has 4 heteroatoms. The van der Waals surface area contributed by atoms with Crippen LogP contribution >= 0.6 is 0 Å². The zero-order valence-electron chi connectivity index (χ0n) is 11.6. The number of carbonyl (C=O) groups is 1. The van der Waals surface area contributed by atoms with Crippen molar-refractivity contribution in [2.24, 2.45) is 0 Å². The quantitative estimate of drug-likeness (QED) is 0.718. The zero-order chi connectivity index (χ0) is 14.4. The van der Waals surface area contributed by atoms with Gasteiger partial charge in [0.15, 0.2) is 0 Å². The Morgan fingerprint density at radius 2 is 2.00 bits per heavy atom. The first-order chi connectivity index (χ1) is 10.3. The number of H-pyrrole nitrogens is 1. The van der Waals surface area contributed by atoms with E-state index in [9.17, 15) is 4.79 Å². The van der Waals surface area contributed by atoms with Crippen LogP contribution in [0.4, 0.5) is 0 Å². The fraction of sp³-hybridized carbons (Fsp3) is 0.118. The third kappa shape index (κ3) is 1.72. The van der Waals surface area contributed by atoms with Crippen molar-refractivity contribution in [2.45, 2.75) is 6.54 Å². The molecule has 2 heterocycles. The van der Waals surface area contributed by atoms with Crippen LogP contribution in [0.5, 0.6) is 5.75 Å². The van der Waals surface area contributed by atoms with E-state index in [1.54, 1.807) is 7.11 Å². The maximum Gasteiger partial charge on any atom is 0.254 e. The van der Waals surface area contributed by atoms with Crippen LogP contribution in [-0.2, 0) is 6.54 Å². The van der Waals surface area contributed by atoms with Crippen molar-refractivity contribution in [2.75, 3.05) is 7.11 Å². The number of ether oxygens (including phenoxy) is 1. The van der Waals surface area contributed by atoms with Crippen LogP contribution in [0.3, 0.4) is 0 Å². The summed E-state index contributed by atoms with van der Waals surface area (Å²) in [6.45, 7) is 0.545. The van der Waals surface area contributed by atoms with E-state index in [0.717, 1.165) is 33.5 Å². The Bertz CT molecular complexity index is 864. The molecule has 1 aliphatic rings. The van der Waals surface area contributed by atoms with E-state index in [1.165, 1.54) is 0 Å². The molecule has 0 radical (unpaired) electrons. The summed E-state index contributed by atoms with van der Waals surface area (Å²) in [7, 11) is 1.63. The van der Waals surface area contributed by atoms with Crippen LogP contribution in [0.25, 0.3) is 22.2 Å². The molecule has 1 aliphatic heterocycles. The Hall–Kier alpha value is -2.75. The number of hydrogen-bond acceptors (Lipinski definition) is 2. The molecule has 0 unspecified atom stereocenters. The van der Waals surface area contributed by atoms with Crippen LogP contribution in [0.15, 0.2) is 42.5 Å². The van der Waals surface area contributed by atoms with Crippen molar-refractivity contribution < 1.29 is 9.53 Å². The van der Waals surface area contributed by atoms with Gasteiger partial charge in [-0.05, 0) is 23.8 Å². The minimum Gasteiger partial charge on any atom is -0.497 e. The lowest BCUT2D eigenvalue weighted by molar-refractivity contribution is 0.0954. The number of methoxy groups -OCH3 is 1. The predicted molar refractivity (Wildman–Crippen MR) is 81.5 cm³/mol. The zero-order valence-corrected chi connectivity index (χ0v) is 11.6. The molecular weight excluding hydrogens is 264 g/mol. The smallest absolute Gasteiger partial charge is 0.254 e. The predicted octanol–water partition coefficient (Wildman–Crippen LogP) is 3.09. The van der Waals surface area contributed by atoms with Gasteiger partial charge in [-0.1, -0.05) is 24.3 Å². The van der Waals surface area contributed by atoms with Crippen LogP contribution < -0.4 is 10.1 Å². The maximum atomic E-state index is 12.5. The number of benzene rings is 2. The largest absolute Gasteiger partial charge is 0.497 e. The Labute approximate surface area is 121 Å². The molecule has 0 spiro atoms. The molecule has 1 aromatic heterocycles. The number of amides is 1. The number of rotatable bonds is 1. The average Bonchev–Trinajstić information content (AvgIpc) is 2.84. The van der Waals surface area contributed by atoms with Gasteiger partial charge in [0.25, 0.3) is 5.91 Å². The number of hydrogen-bond donors (Lipinski definition) is 2. The number of aromatic amines is 1. The molecular formula is C17H14N2O2. The lowest BCUT2D eigenvalue weighted by Crippen LogP contribution is -2.21. The first-order valence-corrected chi connectivity index (χ1v) is 6.84. The lowest BCUT2D eigenvalue weighted by atomic mass is 10.0. The highest BCUT2D eigenvalue weighted by atomic mass is 16.5. The number of fused-ring (bicyclic) bond motifs is 5. The molecule has 3 aromatic rings. The first kappa shape index (κ1) is 12.0. The summed E-state index contributed by atoms with van der Waals surface area (Å²) in [5, 5.41) is 3.86. The Morgan fingerprint density at radius 1 is 1.14 bits per heavy atom. The van der Waals surface area contributed by atoms with E-state index in [1.807, 2.05) is 42.5 Å². The van der Waals surface area contributed by atoms with Crippen LogP contribution in [0.1, 0.15) is 15.9 Å². The third-order valence-electron chi connectivity index (χ3n) is 3.96. The Morgan fingerprint density at radius 3 is 2.86 bits per heavy atom. The molecule has 0 saturated carbocycles. The molecule has 4 rings (SSSR count). The molecule has 2 aromatic carbocycles. The first-order valence-electron chi connectivity index (χ1n) is 6.84.